The Labute approximate surface area is 149 Å². The van der Waals surface area contributed by atoms with E-state index >= 15 is 0 Å². The minimum absolute atomic E-state index is 0.114. The first-order chi connectivity index (χ1) is 12.6. The lowest BCUT2D eigenvalue weighted by Gasteiger charge is -2.18. The van der Waals surface area contributed by atoms with Gasteiger partial charge in [0.05, 0.1) is 12.0 Å². The number of methoxy groups -OCH3 is 1. The number of rotatable bonds is 6. The largest absolute Gasteiger partial charge is 0.490 e. The van der Waals surface area contributed by atoms with Crippen molar-refractivity contribution in [3.63, 3.8) is 0 Å². The van der Waals surface area contributed by atoms with Gasteiger partial charge in [0, 0.05) is 18.2 Å². The highest BCUT2D eigenvalue weighted by molar-refractivity contribution is 5.95. The average Bonchev–Trinajstić information content (AvgIpc) is 2.67. The summed E-state index contributed by atoms with van der Waals surface area (Å²) < 4.78 is 15.9. The van der Waals surface area contributed by atoms with Crippen molar-refractivity contribution in [3.05, 3.63) is 57.6 Å². The van der Waals surface area contributed by atoms with Crippen LogP contribution in [0, 0.1) is 10.1 Å². The summed E-state index contributed by atoms with van der Waals surface area (Å²) in [5.74, 6) is 1.15. The number of hydrogen-bond donors (Lipinski definition) is 1. The molecule has 0 atom stereocenters. The molecule has 1 heterocycles. The maximum absolute atomic E-state index is 12.2. The summed E-state index contributed by atoms with van der Waals surface area (Å²) in [6.07, 6.45) is 0.598. The Kier molecular flexibility index (Phi) is 5.21. The van der Waals surface area contributed by atoms with E-state index in [1.54, 1.807) is 0 Å². The van der Waals surface area contributed by atoms with Crippen LogP contribution in [0.5, 0.6) is 17.2 Å². The molecule has 2 aromatic carbocycles. The summed E-state index contributed by atoms with van der Waals surface area (Å²) in [6, 6.07) is 9.76. The molecule has 136 valence electrons. The van der Waals surface area contributed by atoms with Gasteiger partial charge in [-0.25, -0.2) is 0 Å². The van der Waals surface area contributed by atoms with Crippen molar-refractivity contribution < 1.29 is 23.9 Å². The third-order valence-corrected chi connectivity index (χ3v) is 3.94. The lowest BCUT2D eigenvalue weighted by Crippen LogP contribution is -2.25. The highest BCUT2D eigenvalue weighted by atomic mass is 16.6. The van der Waals surface area contributed by atoms with Crippen LogP contribution in [-0.2, 0) is 6.42 Å². The molecule has 0 aromatic heterocycles. The predicted molar refractivity (Wildman–Crippen MR) is 93.1 cm³/mol. The van der Waals surface area contributed by atoms with Crippen molar-refractivity contribution in [3.8, 4) is 17.2 Å². The van der Waals surface area contributed by atoms with Crippen LogP contribution in [0.4, 0.5) is 5.69 Å². The van der Waals surface area contributed by atoms with Gasteiger partial charge in [0.1, 0.15) is 13.2 Å². The Morgan fingerprint density at radius 1 is 1.19 bits per heavy atom. The van der Waals surface area contributed by atoms with Gasteiger partial charge < -0.3 is 19.5 Å². The first-order valence-electron chi connectivity index (χ1n) is 8.07. The van der Waals surface area contributed by atoms with Gasteiger partial charge in [-0.2, -0.15) is 0 Å². The molecule has 1 N–H and O–H groups in total. The van der Waals surface area contributed by atoms with Gasteiger partial charge in [-0.15, -0.1) is 0 Å². The topological polar surface area (TPSA) is 99.9 Å². The number of nitro groups is 1. The minimum Gasteiger partial charge on any atom is -0.490 e. The van der Waals surface area contributed by atoms with Crippen molar-refractivity contribution in [2.75, 3.05) is 26.9 Å². The average molecular weight is 358 g/mol. The molecule has 1 aliphatic rings. The molecule has 0 saturated heterocycles. The molecule has 26 heavy (non-hydrogen) atoms. The molecule has 0 unspecified atom stereocenters. The van der Waals surface area contributed by atoms with E-state index in [1.807, 2.05) is 18.2 Å². The number of benzene rings is 2. The molecule has 8 nitrogen and oxygen atoms in total. The molecule has 0 saturated carbocycles. The third kappa shape index (κ3) is 3.85. The summed E-state index contributed by atoms with van der Waals surface area (Å²) in [6.45, 7) is 1.44. The second kappa shape index (κ2) is 7.73. The van der Waals surface area contributed by atoms with Crippen molar-refractivity contribution in [2.24, 2.45) is 0 Å². The smallest absolute Gasteiger partial charge is 0.311 e. The fraction of sp³-hybridized carbons (Fsp3) is 0.278. The highest BCUT2D eigenvalue weighted by Gasteiger charge is 2.18. The van der Waals surface area contributed by atoms with Crippen LogP contribution in [0.25, 0.3) is 0 Å². The molecule has 2 aromatic rings. The highest BCUT2D eigenvalue weighted by Crippen LogP contribution is 2.31. The molecular weight excluding hydrogens is 340 g/mol. The molecule has 8 heteroatoms. The van der Waals surface area contributed by atoms with Crippen LogP contribution in [-0.4, -0.2) is 37.7 Å². The minimum atomic E-state index is -0.579. The van der Waals surface area contributed by atoms with Gasteiger partial charge in [0.15, 0.2) is 17.2 Å². The first kappa shape index (κ1) is 17.5. The third-order valence-electron chi connectivity index (χ3n) is 3.94. The van der Waals surface area contributed by atoms with Gasteiger partial charge in [-0.05, 0) is 36.2 Å². The maximum Gasteiger partial charge on any atom is 0.311 e. The fourth-order valence-corrected chi connectivity index (χ4v) is 2.64. The van der Waals surface area contributed by atoms with Gasteiger partial charge in [-0.3, -0.25) is 14.9 Å². The Balaban J connectivity index is 1.61. The van der Waals surface area contributed by atoms with Crippen LogP contribution < -0.4 is 19.5 Å². The number of hydrogen-bond acceptors (Lipinski definition) is 6. The SMILES string of the molecule is COc1ccc(C(=O)NCCc2ccc3c(c2)OCCO3)cc1[N+](=O)[O-]. The standard InChI is InChI=1S/C18H18N2O6/c1-24-15-5-3-13(11-14(15)20(22)23)18(21)19-7-6-12-2-4-16-17(10-12)26-9-8-25-16/h2-5,10-11H,6-9H2,1H3,(H,19,21). The van der Waals surface area contributed by atoms with Crippen molar-refractivity contribution >= 4 is 11.6 Å². The molecular formula is C18H18N2O6. The number of amides is 1. The quantitative estimate of drug-likeness (QED) is 0.628. The zero-order valence-corrected chi connectivity index (χ0v) is 14.2. The van der Waals surface area contributed by atoms with Crippen LogP contribution in [0.1, 0.15) is 15.9 Å². The van der Waals surface area contributed by atoms with Gasteiger partial charge in [0.2, 0.25) is 0 Å². The lowest BCUT2D eigenvalue weighted by atomic mass is 10.1. The predicted octanol–water partition coefficient (Wildman–Crippen LogP) is 2.35. The van der Waals surface area contributed by atoms with Crippen molar-refractivity contribution in [1.82, 2.24) is 5.32 Å². The summed E-state index contributed by atoms with van der Waals surface area (Å²) in [7, 11) is 1.34. The summed E-state index contributed by atoms with van der Waals surface area (Å²) >= 11 is 0. The molecule has 0 spiro atoms. The molecule has 1 amide bonds. The van der Waals surface area contributed by atoms with Crippen molar-refractivity contribution in [2.45, 2.75) is 6.42 Å². The van der Waals surface area contributed by atoms with E-state index in [1.165, 1.54) is 25.3 Å². The number of carbonyl (C=O) groups excluding carboxylic acids is 1. The second-order valence-electron chi connectivity index (χ2n) is 5.63. The fourth-order valence-electron chi connectivity index (χ4n) is 2.64. The van der Waals surface area contributed by atoms with Crippen LogP contribution >= 0.6 is 0 Å². The monoisotopic (exact) mass is 358 g/mol. The lowest BCUT2D eigenvalue weighted by molar-refractivity contribution is -0.385. The van der Waals surface area contributed by atoms with E-state index in [9.17, 15) is 14.9 Å². The van der Waals surface area contributed by atoms with E-state index in [0.717, 1.165) is 11.3 Å². The Bertz CT molecular complexity index is 836. The number of carbonyl (C=O) groups is 1. The van der Waals surface area contributed by atoms with Crippen LogP contribution in [0.2, 0.25) is 0 Å². The van der Waals surface area contributed by atoms with Gasteiger partial charge in [0.25, 0.3) is 5.91 Å². The number of ether oxygens (including phenoxy) is 3. The van der Waals surface area contributed by atoms with Crippen LogP contribution in [0.3, 0.4) is 0 Å². The molecule has 0 bridgehead atoms. The first-order valence-corrected chi connectivity index (χ1v) is 8.07. The van der Waals surface area contributed by atoms with E-state index in [-0.39, 0.29) is 22.9 Å². The number of nitrogens with zero attached hydrogens (tertiary/aromatic N) is 1. The summed E-state index contributed by atoms with van der Waals surface area (Å²) in [5.41, 5.74) is 0.960. The van der Waals surface area contributed by atoms with Crippen molar-refractivity contribution in [1.29, 1.82) is 0 Å². The summed E-state index contributed by atoms with van der Waals surface area (Å²) in [5, 5.41) is 13.8. The van der Waals surface area contributed by atoms with E-state index in [2.05, 4.69) is 5.32 Å². The zero-order chi connectivity index (χ0) is 18.5. The Morgan fingerprint density at radius 2 is 1.96 bits per heavy atom. The molecule has 0 radical (unpaired) electrons. The Morgan fingerprint density at radius 3 is 2.69 bits per heavy atom. The summed E-state index contributed by atoms with van der Waals surface area (Å²) in [4.78, 5) is 22.7. The number of nitro benzene ring substituents is 1. The number of fused-ring (bicyclic) bond motifs is 1. The van der Waals surface area contributed by atoms with E-state index in [0.29, 0.717) is 31.9 Å². The van der Waals surface area contributed by atoms with Gasteiger partial charge >= 0.3 is 5.69 Å². The zero-order valence-electron chi connectivity index (χ0n) is 14.2. The molecule has 0 fully saturated rings. The molecule has 1 aliphatic heterocycles. The normalized spacial score (nSPS) is 12.3. The second-order valence-corrected chi connectivity index (χ2v) is 5.63. The van der Waals surface area contributed by atoms with E-state index in [4.69, 9.17) is 14.2 Å². The van der Waals surface area contributed by atoms with Gasteiger partial charge in [-0.1, -0.05) is 6.07 Å². The van der Waals surface area contributed by atoms with E-state index < -0.39 is 4.92 Å². The van der Waals surface area contributed by atoms with Crippen LogP contribution in [0.15, 0.2) is 36.4 Å². The molecule has 0 aliphatic carbocycles. The maximum atomic E-state index is 12.2. The molecule has 3 rings (SSSR count). The number of nitrogens with one attached hydrogen (secondary N) is 1. The Hall–Kier alpha value is -3.29.